The van der Waals surface area contributed by atoms with Crippen LogP contribution < -0.4 is 0 Å². The Balaban J connectivity index is 2.91. The van der Waals surface area contributed by atoms with Crippen molar-refractivity contribution in [2.45, 2.75) is 20.3 Å². The maximum absolute atomic E-state index is 11.0. The highest BCUT2D eigenvalue weighted by Crippen LogP contribution is 2.06. The maximum atomic E-state index is 11.0. The summed E-state index contributed by atoms with van der Waals surface area (Å²) in [6.07, 6.45) is 0.404. The topological polar surface area (TPSA) is 34.1 Å². The first-order valence-electron chi connectivity index (χ1n) is 4.19. The van der Waals surface area contributed by atoms with Gasteiger partial charge in [0.2, 0.25) is 0 Å². The average Bonchev–Trinajstić information content (AvgIpc) is 2.03. The Kier molecular flexibility index (Phi) is 2.96. The van der Waals surface area contributed by atoms with E-state index < -0.39 is 0 Å². The molecule has 0 spiro atoms. The number of rotatable bonds is 3. The minimum Gasteiger partial charge on any atom is -0.300 e. The van der Waals surface area contributed by atoms with Gasteiger partial charge in [-0.1, -0.05) is 18.2 Å². The summed E-state index contributed by atoms with van der Waals surface area (Å²) in [6, 6.07) is 7.18. The molecular formula is C11H12O2. The van der Waals surface area contributed by atoms with Crippen LogP contribution in [0.3, 0.4) is 0 Å². The van der Waals surface area contributed by atoms with Crippen LogP contribution in [-0.2, 0) is 11.2 Å². The number of ketones is 2. The van der Waals surface area contributed by atoms with Crippen LogP contribution >= 0.6 is 0 Å². The van der Waals surface area contributed by atoms with Crippen LogP contribution in [0.1, 0.15) is 29.8 Å². The molecular weight excluding hydrogens is 164 g/mol. The van der Waals surface area contributed by atoms with Crippen LogP contribution in [-0.4, -0.2) is 11.6 Å². The molecule has 1 aromatic carbocycles. The summed E-state index contributed by atoms with van der Waals surface area (Å²) < 4.78 is 0. The first kappa shape index (κ1) is 9.65. The van der Waals surface area contributed by atoms with Crippen molar-refractivity contribution >= 4 is 11.6 Å². The molecule has 0 amide bonds. The quantitative estimate of drug-likeness (QED) is 0.660. The van der Waals surface area contributed by atoms with Crippen LogP contribution in [0.4, 0.5) is 0 Å². The van der Waals surface area contributed by atoms with Crippen molar-refractivity contribution in [1.82, 2.24) is 0 Å². The standard InChI is InChI=1S/C11H12O2/c1-8(12)6-10-4-3-5-11(7-10)9(2)13/h3-5,7H,6H2,1-2H3. The summed E-state index contributed by atoms with van der Waals surface area (Å²) in [5.74, 6) is 0.145. The zero-order valence-electron chi connectivity index (χ0n) is 7.83. The Labute approximate surface area is 77.6 Å². The molecule has 2 nitrogen and oxygen atoms in total. The van der Waals surface area contributed by atoms with Crippen molar-refractivity contribution in [1.29, 1.82) is 0 Å². The van der Waals surface area contributed by atoms with E-state index in [-0.39, 0.29) is 11.6 Å². The molecule has 0 saturated carbocycles. The van der Waals surface area contributed by atoms with E-state index in [1.807, 2.05) is 6.07 Å². The molecule has 0 atom stereocenters. The molecule has 0 fully saturated rings. The van der Waals surface area contributed by atoms with E-state index in [0.29, 0.717) is 12.0 Å². The van der Waals surface area contributed by atoms with Gasteiger partial charge in [0.1, 0.15) is 5.78 Å². The lowest BCUT2D eigenvalue weighted by molar-refractivity contribution is -0.116. The van der Waals surface area contributed by atoms with Crippen LogP contribution in [0.15, 0.2) is 24.3 Å². The third kappa shape index (κ3) is 2.82. The van der Waals surface area contributed by atoms with E-state index in [9.17, 15) is 9.59 Å². The minimum absolute atomic E-state index is 0.0328. The van der Waals surface area contributed by atoms with Crippen LogP contribution in [0.5, 0.6) is 0 Å². The smallest absolute Gasteiger partial charge is 0.159 e. The molecule has 0 aliphatic rings. The SMILES string of the molecule is CC(=O)Cc1cccc(C(C)=O)c1. The summed E-state index contributed by atoms with van der Waals surface area (Å²) in [7, 11) is 0. The van der Waals surface area contributed by atoms with Gasteiger partial charge in [-0.2, -0.15) is 0 Å². The van der Waals surface area contributed by atoms with E-state index in [1.54, 1.807) is 25.1 Å². The maximum Gasteiger partial charge on any atom is 0.159 e. The number of hydrogen-bond acceptors (Lipinski definition) is 2. The highest BCUT2D eigenvalue weighted by molar-refractivity contribution is 5.94. The van der Waals surface area contributed by atoms with Crippen molar-refractivity contribution in [3.8, 4) is 0 Å². The Morgan fingerprint density at radius 3 is 2.46 bits per heavy atom. The third-order valence-electron chi connectivity index (χ3n) is 1.79. The lowest BCUT2D eigenvalue weighted by Gasteiger charge is -1.99. The Bertz CT molecular complexity index is 340. The lowest BCUT2D eigenvalue weighted by Crippen LogP contribution is -1.98. The summed E-state index contributed by atoms with van der Waals surface area (Å²) in [5, 5.41) is 0. The van der Waals surface area contributed by atoms with Gasteiger partial charge in [0.25, 0.3) is 0 Å². The third-order valence-corrected chi connectivity index (χ3v) is 1.79. The van der Waals surface area contributed by atoms with Gasteiger partial charge in [0.05, 0.1) is 0 Å². The highest BCUT2D eigenvalue weighted by Gasteiger charge is 2.01. The molecule has 0 bridgehead atoms. The number of hydrogen-bond donors (Lipinski definition) is 0. The number of carbonyl (C=O) groups is 2. The number of carbonyl (C=O) groups excluding carboxylic acids is 2. The summed E-state index contributed by atoms with van der Waals surface area (Å²) in [4.78, 5) is 21.8. The molecule has 0 saturated heterocycles. The van der Waals surface area contributed by atoms with Crippen molar-refractivity contribution in [2.24, 2.45) is 0 Å². The fourth-order valence-electron chi connectivity index (χ4n) is 1.19. The van der Waals surface area contributed by atoms with E-state index in [1.165, 1.54) is 6.92 Å². The first-order valence-corrected chi connectivity index (χ1v) is 4.19. The van der Waals surface area contributed by atoms with Crippen molar-refractivity contribution in [3.63, 3.8) is 0 Å². The van der Waals surface area contributed by atoms with Gasteiger partial charge in [0, 0.05) is 12.0 Å². The van der Waals surface area contributed by atoms with E-state index in [0.717, 1.165) is 5.56 Å². The molecule has 2 heteroatoms. The monoisotopic (exact) mass is 176 g/mol. The van der Waals surface area contributed by atoms with Gasteiger partial charge in [-0.05, 0) is 25.5 Å². The van der Waals surface area contributed by atoms with Crippen molar-refractivity contribution in [2.75, 3.05) is 0 Å². The molecule has 68 valence electrons. The van der Waals surface area contributed by atoms with E-state index in [2.05, 4.69) is 0 Å². The lowest BCUT2D eigenvalue weighted by atomic mass is 10.0. The van der Waals surface area contributed by atoms with Crippen molar-refractivity contribution in [3.05, 3.63) is 35.4 Å². The second kappa shape index (κ2) is 3.99. The van der Waals surface area contributed by atoms with E-state index >= 15 is 0 Å². The number of Topliss-reactive ketones (excluding diaryl/α,β-unsaturated/α-hetero) is 2. The van der Waals surface area contributed by atoms with Gasteiger partial charge in [-0.15, -0.1) is 0 Å². The van der Waals surface area contributed by atoms with Crippen LogP contribution in [0, 0.1) is 0 Å². The Morgan fingerprint density at radius 2 is 1.92 bits per heavy atom. The van der Waals surface area contributed by atoms with E-state index in [4.69, 9.17) is 0 Å². The molecule has 0 aliphatic carbocycles. The molecule has 0 radical (unpaired) electrons. The molecule has 0 aliphatic heterocycles. The Hall–Kier alpha value is -1.44. The summed E-state index contributed by atoms with van der Waals surface area (Å²) in [6.45, 7) is 3.06. The number of benzene rings is 1. The molecule has 0 aromatic heterocycles. The molecule has 0 heterocycles. The molecule has 1 rings (SSSR count). The molecule has 13 heavy (non-hydrogen) atoms. The van der Waals surface area contributed by atoms with Gasteiger partial charge in [0.15, 0.2) is 5.78 Å². The highest BCUT2D eigenvalue weighted by atomic mass is 16.1. The predicted octanol–water partition coefficient (Wildman–Crippen LogP) is 2.02. The summed E-state index contributed by atoms with van der Waals surface area (Å²) >= 11 is 0. The van der Waals surface area contributed by atoms with Gasteiger partial charge in [-0.3, -0.25) is 9.59 Å². The average molecular weight is 176 g/mol. The second-order valence-corrected chi connectivity index (χ2v) is 3.14. The molecule has 0 unspecified atom stereocenters. The molecule has 1 aromatic rings. The minimum atomic E-state index is 0.0328. The van der Waals surface area contributed by atoms with Gasteiger partial charge < -0.3 is 0 Å². The Morgan fingerprint density at radius 1 is 1.23 bits per heavy atom. The van der Waals surface area contributed by atoms with Crippen molar-refractivity contribution < 1.29 is 9.59 Å². The second-order valence-electron chi connectivity index (χ2n) is 3.14. The van der Waals surface area contributed by atoms with Gasteiger partial charge in [-0.25, -0.2) is 0 Å². The normalized spacial score (nSPS) is 9.69. The zero-order valence-corrected chi connectivity index (χ0v) is 7.83. The summed E-state index contributed by atoms with van der Waals surface area (Å²) in [5.41, 5.74) is 1.57. The molecule has 0 N–H and O–H groups in total. The van der Waals surface area contributed by atoms with Crippen LogP contribution in [0.25, 0.3) is 0 Å². The fourth-order valence-corrected chi connectivity index (χ4v) is 1.19. The zero-order chi connectivity index (χ0) is 9.84. The largest absolute Gasteiger partial charge is 0.300 e. The predicted molar refractivity (Wildman–Crippen MR) is 50.8 cm³/mol. The first-order chi connectivity index (χ1) is 6.09. The fraction of sp³-hybridized carbons (Fsp3) is 0.273. The van der Waals surface area contributed by atoms with Crippen LogP contribution in [0.2, 0.25) is 0 Å². The van der Waals surface area contributed by atoms with Gasteiger partial charge >= 0.3 is 0 Å².